The second-order valence-electron chi connectivity index (χ2n) is 8.55. The molecule has 3 heterocycles. The minimum Gasteiger partial charge on any atom is -0.394 e. The first kappa shape index (κ1) is 31.9. The summed E-state index contributed by atoms with van der Waals surface area (Å²) in [6.07, 6.45) is -14.5. The van der Waals surface area contributed by atoms with E-state index in [0.717, 1.165) is 10.8 Å². The maximum atomic E-state index is 12.4. The van der Waals surface area contributed by atoms with Crippen LogP contribution in [-0.4, -0.2) is 118 Å². The van der Waals surface area contributed by atoms with Gasteiger partial charge in [-0.15, -0.1) is 0 Å². The topological polar surface area (TPSA) is 288 Å². The lowest BCUT2D eigenvalue weighted by Gasteiger charge is -2.40. The van der Waals surface area contributed by atoms with Crippen molar-refractivity contribution in [3.8, 4) is 0 Å². The number of phosphoric acid groups is 1. The molecule has 0 saturated carbocycles. The number of aromatic amines is 1. The normalized spacial score (nSPS) is 37.0. The van der Waals surface area contributed by atoms with Gasteiger partial charge in [0.1, 0.15) is 42.7 Å². The first-order valence-electron chi connectivity index (χ1n) is 10.9. The van der Waals surface area contributed by atoms with Crippen molar-refractivity contribution >= 4 is 38.0 Å². The van der Waals surface area contributed by atoms with Crippen LogP contribution < -0.4 is 11.2 Å². The molecule has 2 saturated heterocycles. The summed E-state index contributed by atoms with van der Waals surface area (Å²) >= 11 is 1.62. The van der Waals surface area contributed by atoms with Crippen LogP contribution in [0.25, 0.3) is 0 Å². The summed E-state index contributed by atoms with van der Waals surface area (Å²) in [6, 6.07) is 0. The largest absolute Gasteiger partial charge is 0.479 e. The maximum Gasteiger partial charge on any atom is 0.479 e. The van der Waals surface area contributed by atoms with Crippen LogP contribution in [0.4, 0.5) is 0 Å². The summed E-state index contributed by atoms with van der Waals surface area (Å²) in [5, 5.41) is 59.2. The van der Waals surface area contributed by atoms with E-state index >= 15 is 0 Å². The smallest absolute Gasteiger partial charge is 0.394 e. The van der Waals surface area contributed by atoms with Gasteiger partial charge in [-0.3, -0.25) is 23.4 Å². The third kappa shape index (κ3) is 7.36. The van der Waals surface area contributed by atoms with E-state index in [9.17, 15) is 59.1 Å². The number of aliphatic hydroxyl groups excluding tert-OH is 6. The van der Waals surface area contributed by atoms with E-state index < -0.39 is 108 Å². The SMILES string of the molecule is O=c1[nH]c(=O)n([C@@H]2O[C@H](COP(=O)(O)OP(=O)(O)CC[C@H]3O[C@H](CO)[C@H](O)[C@H](O)[C@H]3O)[C@@H](O)[C@H]2O)cc1I. The standard InChI is InChI=1S/C17H27IN2O16P2/c18-6-3-20(17(28)19-15(6)27)16-14(26)12(24)9(35-16)5-33-38(31,32)36-37(29,30)2-1-7-10(22)13(25)11(23)8(4-21)34-7/h3,7-14,16,21-26H,1-2,4-5H2,(H,29,30)(H,31,32)(H,19,27,28)/t7-,8-,9-,10+,11+,12-,13-,14-,16-/m1/s1. The van der Waals surface area contributed by atoms with Gasteiger partial charge in [-0.25, -0.2) is 13.7 Å². The zero-order valence-electron chi connectivity index (χ0n) is 19.2. The molecule has 2 aliphatic heterocycles. The molecule has 11 atom stereocenters. The Labute approximate surface area is 226 Å². The lowest BCUT2D eigenvalue weighted by molar-refractivity contribution is -0.229. The van der Waals surface area contributed by atoms with Crippen LogP contribution >= 0.6 is 38.0 Å². The fourth-order valence-corrected chi connectivity index (χ4v) is 7.00. The fourth-order valence-electron chi connectivity index (χ4n) is 3.85. The molecule has 0 bridgehead atoms. The van der Waals surface area contributed by atoms with E-state index in [1.54, 1.807) is 22.6 Å². The highest BCUT2D eigenvalue weighted by atomic mass is 127. The molecule has 0 spiro atoms. The summed E-state index contributed by atoms with van der Waals surface area (Å²) in [4.78, 5) is 45.5. The van der Waals surface area contributed by atoms with Gasteiger partial charge < -0.3 is 49.9 Å². The molecule has 0 amide bonds. The quantitative estimate of drug-likeness (QED) is 0.0837. The molecule has 0 aliphatic carbocycles. The molecule has 18 nitrogen and oxygen atoms in total. The van der Waals surface area contributed by atoms with Gasteiger partial charge in [0, 0.05) is 6.20 Å². The van der Waals surface area contributed by atoms with Crippen molar-refractivity contribution in [3.05, 3.63) is 30.6 Å². The zero-order chi connectivity index (χ0) is 28.6. The molecule has 3 rings (SSSR count). The molecule has 2 unspecified atom stereocenters. The molecular weight excluding hydrogens is 677 g/mol. The lowest BCUT2D eigenvalue weighted by Crippen LogP contribution is -2.58. The number of ether oxygens (including phenoxy) is 2. The number of rotatable bonds is 10. The van der Waals surface area contributed by atoms with Crippen LogP contribution in [0.15, 0.2) is 15.8 Å². The van der Waals surface area contributed by atoms with Gasteiger partial charge in [-0.1, -0.05) is 0 Å². The third-order valence-corrected chi connectivity index (χ3v) is 9.77. The molecular formula is C17H27IN2O16P2. The molecule has 1 aromatic rings. The van der Waals surface area contributed by atoms with Gasteiger partial charge in [0.15, 0.2) is 6.23 Å². The van der Waals surface area contributed by atoms with Gasteiger partial charge in [0.25, 0.3) is 5.56 Å². The Bertz CT molecular complexity index is 1190. The molecule has 2 aliphatic rings. The summed E-state index contributed by atoms with van der Waals surface area (Å²) in [5.41, 5.74) is -1.66. The van der Waals surface area contributed by atoms with Crippen LogP contribution in [0.3, 0.4) is 0 Å². The Morgan fingerprint density at radius 2 is 1.55 bits per heavy atom. The minimum absolute atomic E-state index is 0.0582. The Balaban J connectivity index is 1.58. The maximum absolute atomic E-state index is 12.4. The summed E-state index contributed by atoms with van der Waals surface area (Å²) in [5.74, 6) is 0. The molecule has 2 fully saturated rings. The Morgan fingerprint density at radius 1 is 0.947 bits per heavy atom. The van der Waals surface area contributed by atoms with Crippen LogP contribution in [0, 0.1) is 3.57 Å². The number of nitrogens with one attached hydrogen (secondary N) is 1. The Kier molecular flexibility index (Phi) is 10.5. The average molecular weight is 704 g/mol. The first-order valence-corrected chi connectivity index (χ1v) is 15.2. The van der Waals surface area contributed by atoms with Gasteiger partial charge in [-0.2, -0.15) is 0 Å². The number of aliphatic hydroxyl groups is 6. The van der Waals surface area contributed by atoms with Gasteiger partial charge in [0.2, 0.25) is 0 Å². The summed E-state index contributed by atoms with van der Waals surface area (Å²) in [7, 11) is -10.2. The average Bonchev–Trinajstić information content (AvgIpc) is 3.11. The number of hydrogen-bond donors (Lipinski definition) is 9. The van der Waals surface area contributed by atoms with Crippen molar-refractivity contribution in [1.82, 2.24) is 9.55 Å². The van der Waals surface area contributed by atoms with E-state index in [1.807, 2.05) is 4.98 Å². The van der Waals surface area contributed by atoms with Gasteiger partial charge >= 0.3 is 21.1 Å². The zero-order valence-corrected chi connectivity index (χ0v) is 23.1. The highest BCUT2D eigenvalue weighted by molar-refractivity contribution is 14.1. The molecule has 0 radical (unpaired) electrons. The second-order valence-corrected chi connectivity index (χ2v) is 13.3. The molecule has 0 aromatic carbocycles. The predicted molar refractivity (Wildman–Crippen MR) is 130 cm³/mol. The van der Waals surface area contributed by atoms with E-state index in [-0.39, 0.29) is 3.57 Å². The Hall–Kier alpha value is -0.610. The van der Waals surface area contributed by atoms with Gasteiger partial charge in [0.05, 0.1) is 29.0 Å². The van der Waals surface area contributed by atoms with Crippen molar-refractivity contribution in [1.29, 1.82) is 0 Å². The number of nitrogens with zero attached hydrogens (tertiary/aromatic N) is 1. The van der Waals surface area contributed by atoms with E-state index in [1.165, 1.54) is 0 Å². The van der Waals surface area contributed by atoms with Crippen LogP contribution in [0.2, 0.25) is 0 Å². The van der Waals surface area contributed by atoms with Crippen molar-refractivity contribution in [2.45, 2.75) is 61.5 Å². The molecule has 9 N–H and O–H groups in total. The molecule has 1 aromatic heterocycles. The van der Waals surface area contributed by atoms with Crippen LogP contribution in [0.5, 0.6) is 0 Å². The number of halogens is 1. The van der Waals surface area contributed by atoms with Crippen molar-refractivity contribution in [2.24, 2.45) is 0 Å². The van der Waals surface area contributed by atoms with E-state index in [2.05, 4.69) is 8.83 Å². The lowest BCUT2D eigenvalue weighted by atomic mass is 9.94. The molecule has 38 heavy (non-hydrogen) atoms. The monoisotopic (exact) mass is 704 g/mol. The number of aromatic nitrogens is 2. The first-order chi connectivity index (χ1) is 17.6. The number of phosphoric ester groups is 1. The summed E-state index contributed by atoms with van der Waals surface area (Å²) in [6.45, 7) is -1.67. The minimum atomic E-state index is -5.29. The number of H-pyrrole nitrogens is 1. The summed E-state index contributed by atoms with van der Waals surface area (Å²) < 4.78 is 45.0. The van der Waals surface area contributed by atoms with Crippen LogP contribution in [0.1, 0.15) is 12.6 Å². The van der Waals surface area contributed by atoms with Crippen molar-refractivity contribution in [2.75, 3.05) is 19.4 Å². The number of hydrogen-bond acceptors (Lipinski definition) is 14. The predicted octanol–water partition coefficient (Wildman–Crippen LogP) is -3.69. The van der Waals surface area contributed by atoms with E-state index in [0.29, 0.717) is 0 Å². The molecule has 218 valence electrons. The second kappa shape index (κ2) is 12.5. The van der Waals surface area contributed by atoms with E-state index in [4.69, 9.17) is 9.47 Å². The fraction of sp³-hybridized carbons (Fsp3) is 0.765. The van der Waals surface area contributed by atoms with Crippen LogP contribution in [-0.2, 0) is 27.4 Å². The Morgan fingerprint density at radius 3 is 2.18 bits per heavy atom. The van der Waals surface area contributed by atoms with Crippen molar-refractivity contribution < 1.29 is 67.9 Å². The van der Waals surface area contributed by atoms with Gasteiger partial charge in [-0.05, 0) is 29.0 Å². The highest BCUT2D eigenvalue weighted by Crippen LogP contribution is 2.60. The highest BCUT2D eigenvalue weighted by Gasteiger charge is 2.47. The van der Waals surface area contributed by atoms with Crippen molar-refractivity contribution in [3.63, 3.8) is 0 Å². The molecule has 21 heteroatoms. The third-order valence-electron chi connectivity index (χ3n) is 5.86.